The molecule has 5 N–H and O–H groups in total. The molecular weight excluding hydrogens is 308 g/mol. The third-order valence-corrected chi connectivity index (χ3v) is 3.98. The number of hydrogen-bond acceptors (Lipinski definition) is 7. The Bertz CT molecular complexity index is 746. The third kappa shape index (κ3) is 3.58. The zero-order chi connectivity index (χ0) is 16.7. The van der Waals surface area contributed by atoms with E-state index in [4.69, 9.17) is 16.1 Å². The summed E-state index contributed by atoms with van der Waals surface area (Å²) in [6, 6.07) is 7.44. The molecule has 0 aliphatic carbocycles. The van der Waals surface area contributed by atoms with Crippen molar-refractivity contribution in [1.82, 2.24) is 4.98 Å². The number of fused-ring (bicyclic) bond motifs is 1. The van der Waals surface area contributed by atoms with E-state index in [2.05, 4.69) is 15.7 Å². The minimum Gasteiger partial charge on any atom is -0.404 e. The maximum absolute atomic E-state index is 7.45. The third-order valence-electron chi connectivity index (χ3n) is 3.10. The van der Waals surface area contributed by atoms with Crippen molar-refractivity contribution in [2.24, 2.45) is 21.5 Å². The average molecular weight is 326 g/mol. The van der Waals surface area contributed by atoms with Crippen molar-refractivity contribution in [3.8, 4) is 0 Å². The number of hydrogen-bond donors (Lipinski definition) is 3. The Morgan fingerprint density at radius 1 is 1.30 bits per heavy atom. The predicted octanol–water partition coefficient (Wildman–Crippen LogP) is 2.13. The molecule has 0 aromatic carbocycles. The second-order valence-corrected chi connectivity index (χ2v) is 5.31. The van der Waals surface area contributed by atoms with Gasteiger partial charge in [-0.3, -0.25) is 4.99 Å². The molecule has 3 heterocycles. The van der Waals surface area contributed by atoms with Gasteiger partial charge in [0.2, 0.25) is 0 Å². The van der Waals surface area contributed by atoms with Gasteiger partial charge in [0.15, 0.2) is 5.82 Å². The van der Waals surface area contributed by atoms with Crippen molar-refractivity contribution in [3.63, 3.8) is 0 Å². The van der Waals surface area contributed by atoms with Gasteiger partial charge < -0.3 is 16.9 Å². The Morgan fingerprint density at radius 3 is 2.78 bits per heavy atom. The normalized spacial score (nSPS) is 16.5. The first-order valence-corrected chi connectivity index (χ1v) is 7.82. The van der Waals surface area contributed by atoms with Gasteiger partial charge in [0.05, 0.1) is 10.6 Å². The number of aromatic nitrogens is 1. The van der Waals surface area contributed by atoms with E-state index in [9.17, 15) is 0 Å². The van der Waals surface area contributed by atoms with Crippen molar-refractivity contribution in [3.05, 3.63) is 58.1 Å². The second-order valence-electron chi connectivity index (χ2n) is 4.36. The van der Waals surface area contributed by atoms with Crippen molar-refractivity contribution in [2.45, 2.75) is 6.04 Å². The fourth-order valence-corrected chi connectivity index (χ4v) is 2.81. The first-order valence-electron chi connectivity index (χ1n) is 6.94. The Kier molecular flexibility index (Phi) is 5.90. The predicted molar refractivity (Wildman–Crippen MR) is 97.3 cm³/mol. The van der Waals surface area contributed by atoms with Crippen LogP contribution < -0.4 is 11.5 Å². The number of pyridine rings is 1. The van der Waals surface area contributed by atoms with Crippen molar-refractivity contribution < 1.29 is 0 Å². The van der Waals surface area contributed by atoms with E-state index in [0.717, 1.165) is 16.2 Å². The molecule has 1 aliphatic rings. The van der Waals surface area contributed by atoms with Gasteiger partial charge in [-0.1, -0.05) is 6.07 Å². The van der Waals surface area contributed by atoms with Gasteiger partial charge >= 0.3 is 0 Å². The largest absolute Gasteiger partial charge is 0.404 e. The van der Waals surface area contributed by atoms with E-state index < -0.39 is 0 Å². The molecule has 0 radical (unpaired) electrons. The van der Waals surface area contributed by atoms with E-state index in [1.54, 1.807) is 23.7 Å². The van der Waals surface area contributed by atoms with E-state index in [0.29, 0.717) is 11.4 Å². The lowest BCUT2D eigenvalue weighted by atomic mass is 10.1. The monoisotopic (exact) mass is 326 g/mol. The van der Waals surface area contributed by atoms with Gasteiger partial charge in [-0.2, -0.15) is 0 Å². The SMILES string of the molecule is CN.N=C/C(=C\N)C1C=Nc2ncccc2C(c2cccs2)=N1. The zero-order valence-electron chi connectivity index (χ0n) is 12.7. The summed E-state index contributed by atoms with van der Waals surface area (Å²) in [6.07, 6.45) is 5.98. The van der Waals surface area contributed by atoms with Crippen LogP contribution in [-0.4, -0.2) is 36.2 Å². The van der Waals surface area contributed by atoms with E-state index >= 15 is 0 Å². The number of aliphatic imine (C=N–C) groups is 2. The summed E-state index contributed by atoms with van der Waals surface area (Å²) in [6.45, 7) is 0. The van der Waals surface area contributed by atoms with Crippen LogP contribution in [0.25, 0.3) is 0 Å². The molecule has 0 saturated heterocycles. The quantitative estimate of drug-likeness (QED) is 0.751. The molecule has 0 amide bonds. The molecule has 0 bridgehead atoms. The minimum absolute atomic E-state index is 0.376. The van der Waals surface area contributed by atoms with Gasteiger partial charge in [0.1, 0.15) is 6.04 Å². The molecule has 0 saturated carbocycles. The molecule has 6 nitrogen and oxygen atoms in total. The molecule has 0 spiro atoms. The number of nitrogens with two attached hydrogens (primary N) is 2. The van der Waals surface area contributed by atoms with Crippen LogP contribution in [0.1, 0.15) is 10.4 Å². The highest BCUT2D eigenvalue weighted by atomic mass is 32.1. The van der Waals surface area contributed by atoms with Crippen LogP contribution in [0, 0.1) is 5.41 Å². The van der Waals surface area contributed by atoms with E-state index in [-0.39, 0.29) is 6.04 Å². The molecule has 118 valence electrons. The van der Waals surface area contributed by atoms with E-state index in [1.807, 2.05) is 29.6 Å². The molecule has 1 unspecified atom stereocenters. The Balaban J connectivity index is 0.000000924. The summed E-state index contributed by atoms with van der Waals surface area (Å²) in [7, 11) is 1.50. The number of nitrogens with zero attached hydrogens (tertiary/aromatic N) is 3. The molecular formula is C16H18N6S. The van der Waals surface area contributed by atoms with Crippen LogP contribution in [0.4, 0.5) is 5.82 Å². The summed E-state index contributed by atoms with van der Waals surface area (Å²) in [5.41, 5.74) is 12.4. The van der Waals surface area contributed by atoms with Crippen LogP contribution in [0.2, 0.25) is 0 Å². The summed E-state index contributed by atoms with van der Waals surface area (Å²) < 4.78 is 0. The Hall–Kier alpha value is -2.64. The summed E-state index contributed by atoms with van der Waals surface area (Å²) in [5, 5.41) is 9.46. The zero-order valence-corrected chi connectivity index (χ0v) is 13.5. The van der Waals surface area contributed by atoms with Crippen LogP contribution in [0.3, 0.4) is 0 Å². The molecule has 23 heavy (non-hydrogen) atoms. The highest BCUT2D eigenvalue weighted by Crippen LogP contribution is 2.26. The average Bonchev–Trinajstić information content (AvgIpc) is 3.07. The lowest BCUT2D eigenvalue weighted by Gasteiger charge is -2.09. The first kappa shape index (κ1) is 16.7. The van der Waals surface area contributed by atoms with Crippen LogP contribution >= 0.6 is 11.3 Å². The van der Waals surface area contributed by atoms with E-state index in [1.165, 1.54) is 19.5 Å². The highest BCUT2D eigenvalue weighted by molar-refractivity contribution is 7.12. The maximum Gasteiger partial charge on any atom is 0.161 e. The number of rotatable bonds is 3. The standard InChI is InChI=1S/C15H13N5S.CH5N/c16-7-10(8-17)12-9-19-15-11(3-1-5-18-15)14(20-12)13-4-2-6-21-13;1-2/h1-9,12,16H,17H2;2H2,1H3/b10-8+,16-7?;. The van der Waals surface area contributed by atoms with Crippen LogP contribution in [0.5, 0.6) is 0 Å². The fraction of sp³-hybridized carbons (Fsp3) is 0.125. The summed E-state index contributed by atoms with van der Waals surface area (Å²) in [4.78, 5) is 14.5. The van der Waals surface area contributed by atoms with Crippen molar-refractivity contribution >= 4 is 35.3 Å². The molecule has 2 aromatic rings. The molecule has 1 atom stereocenters. The Morgan fingerprint density at radius 2 is 2.13 bits per heavy atom. The number of nitrogens with one attached hydrogen (secondary N) is 1. The first-order chi connectivity index (χ1) is 11.3. The second kappa shape index (κ2) is 8.11. The lowest BCUT2D eigenvalue weighted by Crippen LogP contribution is -2.15. The lowest BCUT2D eigenvalue weighted by molar-refractivity contribution is 1.06. The van der Waals surface area contributed by atoms with Gasteiger partial charge in [-0.05, 0) is 30.6 Å². The molecule has 2 aromatic heterocycles. The summed E-state index contributed by atoms with van der Waals surface area (Å²) >= 11 is 1.61. The van der Waals surface area contributed by atoms with Gasteiger partial charge in [-0.15, -0.1) is 11.3 Å². The molecule has 7 heteroatoms. The van der Waals surface area contributed by atoms with Crippen LogP contribution in [0.15, 0.2) is 57.6 Å². The van der Waals surface area contributed by atoms with Crippen LogP contribution in [-0.2, 0) is 0 Å². The molecule has 1 aliphatic heterocycles. The fourth-order valence-electron chi connectivity index (χ4n) is 2.07. The van der Waals surface area contributed by atoms with Crippen molar-refractivity contribution in [1.29, 1.82) is 5.41 Å². The molecule has 3 rings (SSSR count). The minimum atomic E-state index is -0.376. The highest BCUT2D eigenvalue weighted by Gasteiger charge is 2.20. The smallest absolute Gasteiger partial charge is 0.161 e. The van der Waals surface area contributed by atoms with Gasteiger partial charge in [0, 0.05) is 36.0 Å². The van der Waals surface area contributed by atoms with Gasteiger partial charge in [-0.25, -0.2) is 9.98 Å². The maximum atomic E-state index is 7.45. The van der Waals surface area contributed by atoms with Crippen molar-refractivity contribution in [2.75, 3.05) is 7.05 Å². The summed E-state index contributed by atoms with van der Waals surface area (Å²) in [5.74, 6) is 0.633. The topological polar surface area (TPSA) is 114 Å². The number of thiophene rings is 1. The van der Waals surface area contributed by atoms with Gasteiger partial charge in [0.25, 0.3) is 0 Å². The molecule has 0 fully saturated rings. The Labute approximate surface area is 138 Å².